The van der Waals surface area contributed by atoms with Gasteiger partial charge in [-0.3, -0.25) is 0 Å². The minimum absolute atomic E-state index is 0.0625. The Bertz CT molecular complexity index is 482. The average molecular weight is 319 g/mol. The summed E-state index contributed by atoms with van der Waals surface area (Å²) in [5.41, 5.74) is 1.10. The highest BCUT2D eigenvalue weighted by Crippen LogP contribution is 2.69. The summed E-state index contributed by atoms with van der Waals surface area (Å²) in [5, 5.41) is 0. The van der Waals surface area contributed by atoms with E-state index in [-0.39, 0.29) is 5.60 Å². The van der Waals surface area contributed by atoms with Gasteiger partial charge in [-0.05, 0) is 80.5 Å². The molecule has 7 atom stereocenters. The monoisotopic (exact) mass is 318 g/mol. The van der Waals surface area contributed by atoms with Crippen LogP contribution in [0.5, 0.6) is 0 Å². The fourth-order valence-corrected chi connectivity index (χ4v) is 8.26. The highest BCUT2D eigenvalue weighted by atomic mass is 16.7. The standard InChI is InChI=1S/C21H34O2/c1-19-10-4-3-5-15(19)6-7-16-17(19)8-11-20(2)18(16)9-12-21(20)13-22-14-23-21/h15-18H,3-14H2,1-2H3/t15?,16-,17+,18+,19+,20+,21?/m1/s1. The first kappa shape index (κ1) is 15.2. The number of fused-ring (bicyclic) bond motifs is 6. The second-order valence-electron chi connectivity index (χ2n) is 10.0. The lowest BCUT2D eigenvalue weighted by Gasteiger charge is -2.61. The molecule has 5 fully saturated rings. The molecule has 1 saturated heterocycles. The summed E-state index contributed by atoms with van der Waals surface area (Å²) in [6.45, 7) is 6.63. The third-order valence-electron chi connectivity index (χ3n) is 9.63. The molecule has 1 aliphatic heterocycles. The van der Waals surface area contributed by atoms with Crippen molar-refractivity contribution in [2.75, 3.05) is 13.4 Å². The van der Waals surface area contributed by atoms with Gasteiger partial charge in [-0.1, -0.05) is 26.7 Å². The third kappa shape index (κ3) is 1.83. The van der Waals surface area contributed by atoms with Gasteiger partial charge in [0, 0.05) is 5.41 Å². The summed E-state index contributed by atoms with van der Waals surface area (Å²) in [6, 6.07) is 0. The molecule has 2 heteroatoms. The zero-order chi connectivity index (χ0) is 15.7. The van der Waals surface area contributed by atoms with Crippen molar-refractivity contribution in [3.05, 3.63) is 0 Å². The van der Waals surface area contributed by atoms with Crippen LogP contribution in [0.25, 0.3) is 0 Å². The minimum Gasteiger partial charge on any atom is -0.352 e. The molecule has 23 heavy (non-hydrogen) atoms. The molecule has 0 radical (unpaired) electrons. The maximum absolute atomic E-state index is 6.26. The van der Waals surface area contributed by atoms with Gasteiger partial charge in [0.1, 0.15) is 12.4 Å². The van der Waals surface area contributed by atoms with Crippen molar-refractivity contribution in [3.8, 4) is 0 Å². The van der Waals surface area contributed by atoms with Crippen LogP contribution in [0.2, 0.25) is 0 Å². The molecular weight excluding hydrogens is 284 g/mol. The summed E-state index contributed by atoms with van der Waals surface area (Å²) in [4.78, 5) is 0. The largest absolute Gasteiger partial charge is 0.352 e. The van der Waals surface area contributed by atoms with Gasteiger partial charge in [0.2, 0.25) is 0 Å². The molecule has 0 bridgehead atoms. The highest BCUT2D eigenvalue weighted by molar-refractivity contribution is 5.15. The zero-order valence-electron chi connectivity index (χ0n) is 15.1. The van der Waals surface area contributed by atoms with Crippen molar-refractivity contribution in [3.63, 3.8) is 0 Å². The highest BCUT2D eigenvalue weighted by Gasteiger charge is 2.66. The summed E-state index contributed by atoms with van der Waals surface area (Å²) in [6.07, 6.45) is 14.5. The first-order valence-electron chi connectivity index (χ1n) is 10.3. The van der Waals surface area contributed by atoms with Gasteiger partial charge < -0.3 is 9.47 Å². The van der Waals surface area contributed by atoms with Crippen LogP contribution in [0.4, 0.5) is 0 Å². The van der Waals surface area contributed by atoms with E-state index in [1.54, 1.807) is 0 Å². The van der Waals surface area contributed by atoms with Crippen molar-refractivity contribution < 1.29 is 9.47 Å². The molecule has 5 rings (SSSR count). The van der Waals surface area contributed by atoms with Crippen LogP contribution >= 0.6 is 0 Å². The van der Waals surface area contributed by atoms with Crippen molar-refractivity contribution >= 4 is 0 Å². The van der Waals surface area contributed by atoms with Crippen LogP contribution in [-0.2, 0) is 9.47 Å². The lowest BCUT2D eigenvalue weighted by molar-refractivity contribution is -0.152. The van der Waals surface area contributed by atoms with E-state index >= 15 is 0 Å². The maximum atomic E-state index is 6.26. The molecule has 1 spiro atoms. The third-order valence-corrected chi connectivity index (χ3v) is 9.63. The Balaban J connectivity index is 1.47. The molecular formula is C21H34O2. The van der Waals surface area contributed by atoms with Crippen molar-refractivity contribution in [1.29, 1.82) is 0 Å². The van der Waals surface area contributed by atoms with Crippen molar-refractivity contribution in [2.45, 2.75) is 83.7 Å². The van der Waals surface area contributed by atoms with Gasteiger partial charge in [-0.25, -0.2) is 0 Å². The first-order chi connectivity index (χ1) is 11.1. The first-order valence-corrected chi connectivity index (χ1v) is 10.3. The molecule has 1 heterocycles. The van der Waals surface area contributed by atoms with Gasteiger partial charge in [0.25, 0.3) is 0 Å². The predicted molar refractivity (Wildman–Crippen MR) is 91.0 cm³/mol. The lowest BCUT2D eigenvalue weighted by atomic mass is 9.44. The Morgan fingerprint density at radius 1 is 0.826 bits per heavy atom. The number of hydrogen-bond acceptors (Lipinski definition) is 2. The Kier molecular flexibility index (Phi) is 3.29. The van der Waals surface area contributed by atoms with Crippen molar-refractivity contribution in [2.24, 2.45) is 34.5 Å². The second kappa shape index (κ2) is 4.97. The normalized spacial score (nSPS) is 58.7. The Hall–Kier alpha value is -0.0800. The van der Waals surface area contributed by atoms with Crippen LogP contribution in [0.3, 0.4) is 0 Å². The molecule has 0 aromatic heterocycles. The molecule has 2 nitrogen and oxygen atoms in total. The number of hydrogen-bond donors (Lipinski definition) is 0. The molecule has 0 amide bonds. The van der Waals surface area contributed by atoms with E-state index in [1.165, 1.54) is 64.2 Å². The summed E-state index contributed by atoms with van der Waals surface area (Å²) in [7, 11) is 0. The topological polar surface area (TPSA) is 18.5 Å². The van der Waals surface area contributed by atoms with Gasteiger partial charge in [0.15, 0.2) is 0 Å². The number of rotatable bonds is 0. The van der Waals surface area contributed by atoms with Crippen LogP contribution < -0.4 is 0 Å². The number of ether oxygens (including phenoxy) is 2. The van der Waals surface area contributed by atoms with E-state index in [2.05, 4.69) is 13.8 Å². The van der Waals surface area contributed by atoms with E-state index in [1.807, 2.05) is 0 Å². The van der Waals surface area contributed by atoms with Gasteiger partial charge in [-0.15, -0.1) is 0 Å². The van der Waals surface area contributed by atoms with Crippen LogP contribution in [0.1, 0.15) is 78.1 Å². The summed E-state index contributed by atoms with van der Waals surface area (Å²) >= 11 is 0. The Morgan fingerprint density at radius 3 is 2.52 bits per heavy atom. The van der Waals surface area contributed by atoms with E-state index in [9.17, 15) is 0 Å². The lowest BCUT2D eigenvalue weighted by Crippen LogP contribution is -2.56. The van der Waals surface area contributed by atoms with Crippen LogP contribution in [0.15, 0.2) is 0 Å². The van der Waals surface area contributed by atoms with Gasteiger partial charge >= 0.3 is 0 Å². The molecule has 130 valence electrons. The fraction of sp³-hybridized carbons (Fsp3) is 1.00. The smallest absolute Gasteiger partial charge is 0.147 e. The quantitative estimate of drug-likeness (QED) is 0.614. The van der Waals surface area contributed by atoms with Crippen LogP contribution in [0, 0.1) is 34.5 Å². The molecule has 0 aromatic carbocycles. The molecule has 2 unspecified atom stereocenters. The molecule has 4 saturated carbocycles. The van der Waals surface area contributed by atoms with E-state index < -0.39 is 0 Å². The zero-order valence-corrected chi connectivity index (χ0v) is 15.1. The maximum Gasteiger partial charge on any atom is 0.147 e. The van der Waals surface area contributed by atoms with E-state index in [0.717, 1.165) is 30.3 Å². The Labute approximate surface area is 141 Å². The predicted octanol–water partition coefficient (Wildman–Crippen LogP) is 5.16. The van der Waals surface area contributed by atoms with E-state index in [4.69, 9.17) is 9.47 Å². The van der Waals surface area contributed by atoms with Crippen molar-refractivity contribution in [1.82, 2.24) is 0 Å². The Morgan fingerprint density at radius 2 is 1.70 bits per heavy atom. The summed E-state index contributed by atoms with van der Waals surface area (Å²) in [5.74, 6) is 3.89. The SMILES string of the molecule is C[C@]12CCCCC1CC[C@@H]1[C@@H]2CC[C@@]2(C)[C@H]1CCC21COCO1. The van der Waals surface area contributed by atoms with E-state index in [0.29, 0.717) is 17.6 Å². The molecule has 4 aliphatic carbocycles. The van der Waals surface area contributed by atoms with Crippen LogP contribution in [-0.4, -0.2) is 19.0 Å². The fourth-order valence-electron chi connectivity index (χ4n) is 8.26. The average Bonchev–Trinajstić information content (AvgIpc) is 3.14. The molecule has 5 aliphatic rings. The van der Waals surface area contributed by atoms with Gasteiger partial charge in [-0.2, -0.15) is 0 Å². The molecule has 0 N–H and O–H groups in total. The second-order valence-corrected chi connectivity index (χ2v) is 10.0. The van der Waals surface area contributed by atoms with Gasteiger partial charge in [0.05, 0.1) is 6.61 Å². The minimum atomic E-state index is 0.0625. The summed E-state index contributed by atoms with van der Waals surface area (Å²) < 4.78 is 12.0. The molecule has 0 aromatic rings.